The van der Waals surface area contributed by atoms with Crippen molar-refractivity contribution in [2.24, 2.45) is 11.3 Å². The van der Waals surface area contributed by atoms with Crippen molar-refractivity contribution in [1.29, 1.82) is 0 Å². The minimum Gasteiger partial charge on any atom is -0.472 e. The summed E-state index contributed by atoms with van der Waals surface area (Å²) in [5.41, 5.74) is 3.27. The van der Waals surface area contributed by atoms with E-state index in [1.807, 2.05) is 6.26 Å². The van der Waals surface area contributed by atoms with Gasteiger partial charge in [-0.25, -0.2) is 0 Å². The normalized spacial score (nSPS) is 30.7. The first kappa shape index (κ1) is 19.9. The first-order valence-corrected chi connectivity index (χ1v) is 13.4. The van der Waals surface area contributed by atoms with Gasteiger partial charge in [-0.15, -0.1) is 0 Å². The van der Waals surface area contributed by atoms with E-state index < -0.39 is 8.32 Å². The van der Waals surface area contributed by atoms with Gasteiger partial charge in [-0.2, -0.15) is 0 Å². The van der Waals surface area contributed by atoms with Crippen molar-refractivity contribution in [1.82, 2.24) is 0 Å². The van der Waals surface area contributed by atoms with Crippen LogP contribution in [0.3, 0.4) is 0 Å². The summed E-state index contributed by atoms with van der Waals surface area (Å²) in [5, 5.41) is 0.308. The first-order chi connectivity index (χ1) is 12.1. The van der Waals surface area contributed by atoms with Crippen molar-refractivity contribution in [3.63, 3.8) is 0 Å². The highest BCUT2D eigenvalue weighted by Gasteiger charge is 2.42. The fraction of sp³-hybridized carbons (Fsp3) is 0.739. The standard InChI is InChI=1S/C23H38O2Si/c1-18-15-20(21-10-14-24-17-21)9-13-23(18)11-7-19(8-12-23)16-25-26(5,6)22(2,3)4/h10,14,17,19-20H,1,7-9,11-13,15-16H2,2-6H3. The van der Waals surface area contributed by atoms with Gasteiger partial charge in [0.25, 0.3) is 0 Å². The molecule has 3 heteroatoms. The molecule has 2 fully saturated rings. The van der Waals surface area contributed by atoms with Crippen LogP contribution in [0, 0.1) is 11.3 Å². The third kappa shape index (κ3) is 4.04. The van der Waals surface area contributed by atoms with Crippen molar-refractivity contribution >= 4 is 8.32 Å². The van der Waals surface area contributed by atoms with E-state index >= 15 is 0 Å². The zero-order chi connectivity index (χ0) is 19.0. The Morgan fingerprint density at radius 1 is 1.19 bits per heavy atom. The Morgan fingerprint density at radius 3 is 2.38 bits per heavy atom. The molecule has 146 valence electrons. The molecule has 2 aliphatic rings. The largest absolute Gasteiger partial charge is 0.472 e. The molecule has 1 atom stereocenters. The highest BCUT2D eigenvalue weighted by atomic mass is 28.4. The smallest absolute Gasteiger partial charge is 0.191 e. The summed E-state index contributed by atoms with van der Waals surface area (Å²) >= 11 is 0. The molecular weight excluding hydrogens is 336 g/mol. The van der Waals surface area contributed by atoms with E-state index in [1.54, 1.807) is 6.26 Å². The quantitative estimate of drug-likeness (QED) is 0.407. The Kier molecular flexibility index (Phi) is 5.61. The van der Waals surface area contributed by atoms with Gasteiger partial charge in [0, 0.05) is 6.61 Å². The number of furan rings is 1. The summed E-state index contributed by atoms with van der Waals surface area (Å²) in [5.74, 6) is 1.36. The third-order valence-corrected chi connectivity index (χ3v) is 12.3. The van der Waals surface area contributed by atoms with Crippen molar-refractivity contribution in [2.75, 3.05) is 6.61 Å². The maximum absolute atomic E-state index is 6.51. The summed E-state index contributed by atoms with van der Waals surface area (Å²) in [7, 11) is -1.62. The minimum absolute atomic E-state index is 0.308. The topological polar surface area (TPSA) is 22.4 Å². The number of rotatable bonds is 4. The Bertz CT molecular complexity index is 601. The van der Waals surface area contributed by atoms with Crippen molar-refractivity contribution in [3.05, 3.63) is 36.3 Å². The van der Waals surface area contributed by atoms with Crippen LogP contribution >= 0.6 is 0 Å². The van der Waals surface area contributed by atoms with E-state index in [1.165, 1.54) is 49.7 Å². The van der Waals surface area contributed by atoms with Gasteiger partial charge in [-0.05, 0) is 92.0 Å². The molecule has 1 aromatic rings. The van der Waals surface area contributed by atoms with Crippen molar-refractivity contribution in [3.8, 4) is 0 Å². The highest BCUT2D eigenvalue weighted by molar-refractivity contribution is 6.74. The molecule has 3 rings (SSSR count). The summed E-state index contributed by atoms with van der Waals surface area (Å²) in [4.78, 5) is 0. The molecule has 2 nitrogen and oxygen atoms in total. The lowest BCUT2D eigenvalue weighted by molar-refractivity contribution is 0.111. The molecule has 2 saturated carbocycles. The highest BCUT2D eigenvalue weighted by Crippen LogP contribution is 2.54. The van der Waals surface area contributed by atoms with Gasteiger partial charge in [0.1, 0.15) is 0 Å². The van der Waals surface area contributed by atoms with Gasteiger partial charge in [0.15, 0.2) is 8.32 Å². The zero-order valence-corrected chi connectivity index (χ0v) is 18.6. The number of hydrogen-bond donors (Lipinski definition) is 0. The lowest BCUT2D eigenvalue weighted by Crippen LogP contribution is -2.42. The molecule has 0 saturated heterocycles. The van der Waals surface area contributed by atoms with Crippen LogP contribution in [0.2, 0.25) is 18.1 Å². The van der Waals surface area contributed by atoms with E-state index in [0.29, 0.717) is 16.4 Å². The second kappa shape index (κ2) is 7.31. The van der Waals surface area contributed by atoms with E-state index in [2.05, 4.69) is 46.5 Å². The molecule has 1 unspecified atom stereocenters. The molecule has 1 spiro atoms. The SMILES string of the molecule is C=C1CC(c2ccoc2)CCC12CCC(CO[Si](C)(C)C(C)(C)C)CC2. The van der Waals surface area contributed by atoms with Crippen LogP contribution in [0.15, 0.2) is 35.2 Å². The molecule has 0 radical (unpaired) electrons. The van der Waals surface area contributed by atoms with Crippen molar-refractivity contribution < 1.29 is 8.84 Å². The lowest BCUT2D eigenvalue weighted by atomic mass is 9.59. The molecule has 0 bridgehead atoms. The van der Waals surface area contributed by atoms with Crippen LogP contribution in [-0.4, -0.2) is 14.9 Å². The molecule has 0 aliphatic heterocycles. The van der Waals surface area contributed by atoms with Gasteiger partial charge in [0.2, 0.25) is 0 Å². The third-order valence-electron chi connectivity index (χ3n) is 7.78. The van der Waals surface area contributed by atoms with Crippen LogP contribution < -0.4 is 0 Å². The fourth-order valence-electron chi connectivity index (χ4n) is 4.58. The Balaban J connectivity index is 1.51. The monoisotopic (exact) mass is 374 g/mol. The molecule has 0 amide bonds. The molecule has 0 aromatic carbocycles. The van der Waals surface area contributed by atoms with Crippen molar-refractivity contribution in [2.45, 2.75) is 89.8 Å². The van der Waals surface area contributed by atoms with Gasteiger partial charge in [-0.3, -0.25) is 0 Å². The van der Waals surface area contributed by atoms with Crippen LogP contribution in [0.1, 0.15) is 77.2 Å². The first-order valence-electron chi connectivity index (χ1n) is 10.5. The summed E-state index contributed by atoms with van der Waals surface area (Å²) in [6, 6.07) is 2.13. The van der Waals surface area contributed by atoms with Crippen LogP contribution in [0.25, 0.3) is 0 Å². The molecule has 1 heterocycles. The predicted octanol–water partition coefficient (Wildman–Crippen LogP) is 7.30. The fourth-order valence-corrected chi connectivity index (χ4v) is 5.66. The number of allylic oxidation sites excluding steroid dienone is 1. The van der Waals surface area contributed by atoms with Gasteiger partial charge >= 0.3 is 0 Å². The molecular formula is C23H38O2Si. The predicted molar refractivity (Wildman–Crippen MR) is 112 cm³/mol. The maximum atomic E-state index is 6.51. The Hall–Kier alpha value is -0.803. The maximum Gasteiger partial charge on any atom is 0.191 e. The average Bonchev–Trinajstić information content (AvgIpc) is 3.10. The average molecular weight is 375 g/mol. The van der Waals surface area contributed by atoms with Gasteiger partial charge in [-0.1, -0.05) is 32.9 Å². The summed E-state index contributed by atoms with van der Waals surface area (Å²) in [6.45, 7) is 17.2. The zero-order valence-electron chi connectivity index (χ0n) is 17.6. The second-order valence-corrected chi connectivity index (χ2v) is 15.2. The Labute approximate surface area is 161 Å². The molecule has 0 N–H and O–H groups in total. The minimum atomic E-state index is -1.62. The van der Waals surface area contributed by atoms with Crippen LogP contribution in [0.5, 0.6) is 0 Å². The summed E-state index contributed by atoms with van der Waals surface area (Å²) in [6.07, 6.45) is 12.7. The lowest BCUT2D eigenvalue weighted by Gasteiger charge is -2.47. The van der Waals surface area contributed by atoms with Crippen LogP contribution in [-0.2, 0) is 4.43 Å². The van der Waals surface area contributed by atoms with Gasteiger partial charge in [0.05, 0.1) is 12.5 Å². The van der Waals surface area contributed by atoms with E-state index in [4.69, 9.17) is 8.84 Å². The second-order valence-electron chi connectivity index (χ2n) is 10.4. The number of hydrogen-bond acceptors (Lipinski definition) is 2. The van der Waals surface area contributed by atoms with E-state index in [9.17, 15) is 0 Å². The molecule has 2 aliphatic carbocycles. The Morgan fingerprint density at radius 2 is 1.85 bits per heavy atom. The van der Waals surface area contributed by atoms with E-state index in [-0.39, 0.29) is 0 Å². The summed E-state index contributed by atoms with van der Waals surface area (Å²) < 4.78 is 11.8. The van der Waals surface area contributed by atoms with E-state index in [0.717, 1.165) is 18.9 Å². The van der Waals surface area contributed by atoms with Crippen LogP contribution in [0.4, 0.5) is 0 Å². The molecule has 1 aromatic heterocycles. The molecule has 26 heavy (non-hydrogen) atoms. The van der Waals surface area contributed by atoms with Gasteiger partial charge < -0.3 is 8.84 Å².